The summed E-state index contributed by atoms with van der Waals surface area (Å²) in [6.07, 6.45) is 0.418. The smallest absolute Gasteiger partial charge is 0.408 e. The molecule has 0 spiro atoms. The molecule has 1 N–H and O–H groups in total. The van der Waals surface area contributed by atoms with Crippen LogP contribution in [0, 0.1) is 0 Å². The summed E-state index contributed by atoms with van der Waals surface area (Å²) in [7, 11) is 1.63. The van der Waals surface area contributed by atoms with Crippen molar-refractivity contribution in [2.45, 2.75) is 45.3 Å². The van der Waals surface area contributed by atoms with Gasteiger partial charge in [0.2, 0.25) is 5.89 Å². The monoisotopic (exact) mass is 409 g/mol. The molecule has 1 aromatic heterocycles. The average Bonchev–Trinajstić information content (AvgIpc) is 3.16. The van der Waals surface area contributed by atoms with Crippen LogP contribution in [0.3, 0.4) is 0 Å². The van der Waals surface area contributed by atoms with Crippen LogP contribution < -0.4 is 10.1 Å². The number of nitrogens with zero attached hydrogens (tertiary/aromatic N) is 2. The normalized spacial score (nSPS) is 12.3. The van der Waals surface area contributed by atoms with Gasteiger partial charge >= 0.3 is 6.09 Å². The average molecular weight is 409 g/mol. The first kappa shape index (κ1) is 21.4. The first-order chi connectivity index (χ1) is 14.3. The minimum Gasteiger partial charge on any atom is -0.496 e. The molecule has 0 fully saturated rings. The number of methoxy groups -OCH3 is 1. The van der Waals surface area contributed by atoms with E-state index in [9.17, 15) is 4.79 Å². The van der Waals surface area contributed by atoms with Crippen molar-refractivity contribution in [2.24, 2.45) is 0 Å². The van der Waals surface area contributed by atoms with Crippen molar-refractivity contribution >= 4 is 6.09 Å². The molecule has 3 rings (SSSR count). The lowest BCUT2D eigenvalue weighted by molar-refractivity contribution is 0.0493. The highest BCUT2D eigenvalue weighted by molar-refractivity contribution is 5.68. The molecular weight excluding hydrogens is 382 g/mol. The van der Waals surface area contributed by atoms with Gasteiger partial charge in [-0.15, -0.1) is 0 Å². The Morgan fingerprint density at radius 2 is 1.80 bits per heavy atom. The van der Waals surface area contributed by atoms with Gasteiger partial charge in [-0.25, -0.2) is 4.79 Å². The number of benzene rings is 2. The van der Waals surface area contributed by atoms with Gasteiger partial charge in [-0.05, 0) is 32.4 Å². The Morgan fingerprint density at radius 1 is 1.10 bits per heavy atom. The number of carbonyl (C=O) groups excluding carboxylic acids is 1. The highest BCUT2D eigenvalue weighted by Gasteiger charge is 2.25. The number of alkyl carbamates (subject to hydrolysis) is 1. The van der Waals surface area contributed by atoms with E-state index in [0.717, 1.165) is 16.9 Å². The van der Waals surface area contributed by atoms with Crippen molar-refractivity contribution in [1.82, 2.24) is 15.5 Å². The summed E-state index contributed by atoms with van der Waals surface area (Å²) in [4.78, 5) is 16.9. The Labute approximate surface area is 176 Å². The molecule has 30 heavy (non-hydrogen) atoms. The summed E-state index contributed by atoms with van der Waals surface area (Å²) in [6, 6.07) is 17.0. The molecule has 2 aromatic carbocycles. The van der Waals surface area contributed by atoms with Gasteiger partial charge in [0.1, 0.15) is 17.4 Å². The maximum absolute atomic E-state index is 12.4. The van der Waals surface area contributed by atoms with Crippen LogP contribution in [0.1, 0.15) is 49.7 Å². The number of para-hydroxylation sites is 1. The number of rotatable bonds is 7. The second kappa shape index (κ2) is 9.43. The van der Waals surface area contributed by atoms with Gasteiger partial charge in [0, 0.05) is 18.4 Å². The van der Waals surface area contributed by atoms with Gasteiger partial charge < -0.3 is 19.3 Å². The number of hydrogen-bond donors (Lipinski definition) is 1. The zero-order valence-corrected chi connectivity index (χ0v) is 17.7. The zero-order chi connectivity index (χ0) is 21.6. The van der Waals surface area contributed by atoms with Gasteiger partial charge in [-0.3, -0.25) is 0 Å². The number of amides is 1. The number of ether oxygens (including phenoxy) is 2. The fraction of sp³-hybridized carbons (Fsp3) is 0.348. The van der Waals surface area contributed by atoms with E-state index < -0.39 is 17.7 Å². The van der Waals surface area contributed by atoms with Crippen molar-refractivity contribution in [1.29, 1.82) is 0 Å². The number of hydrogen-bond acceptors (Lipinski definition) is 6. The molecule has 0 aliphatic rings. The summed E-state index contributed by atoms with van der Waals surface area (Å²) in [5, 5.41) is 6.95. The third kappa shape index (κ3) is 6.07. The molecule has 0 saturated carbocycles. The molecule has 3 aromatic rings. The maximum Gasteiger partial charge on any atom is 0.408 e. The van der Waals surface area contributed by atoms with Crippen LogP contribution in [0.25, 0.3) is 0 Å². The minimum atomic E-state index is -0.606. The second-order valence-corrected chi connectivity index (χ2v) is 7.93. The Morgan fingerprint density at radius 3 is 2.50 bits per heavy atom. The number of carbonyl (C=O) groups is 1. The lowest BCUT2D eigenvalue weighted by Gasteiger charge is -2.22. The second-order valence-electron chi connectivity index (χ2n) is 7.93. The highest BCUT2D eigenvalue weighted by atomic mass is 16.6. The topological polar surface area (TPSA) is 86.5 Å². The SMILES string of the molecule is COc1ccccc1Cc1noc(C(Cc2ccccc2)NC(=O)OC(C)(C)C)n1. The fourth-order valence-corrected chi connectivity index (χ4v) is 3.00. The molecule has 0 radical (unpaired) electrons. The quantitative estimate of drug-likeness (QED) is 0.619. The van der Waals surface area contributed by atoms with E-state index in [1.54, 1.807) is 7.11 Å². The molecule has 1 atom stereocenters. The van der Waals surface area contributed by atoms with Crippen molar-refractivity contribution in [2.75, 3.05) is 7.11 Å². The standard InChI is InChI=1S/C23H27N3O4/c1-23(2,3)29-22(27)24-18(14-16-10-6-5-7-11-16)21-25-20(26-30-21)15-17-12-8-9-13-19(17)28-4/h5-13,18H,14-15H2,1-4H3,(H,24,27). The summed E-state index contributed by atoms with van der Waals surface area (Å²) in [5.41, 5.74) is 1.38. The molecule has 0 aliphatic carbocycles. The van der Waals surface area contributed by atoms with Gasteiger partial charge in [-0.1, -0.05) is 53.7 Å². The molecule has 158 valence electrons. The molecule has 0 saturated heterocycles. The van der Waals surface area contributed by atoms with Crippen LogP contribution in [-0.4, -0.2) is 28.9 Å². The predicted octanol–water partition coefficient (Wildman–Crippen LogP) is 4.48. The number of aromatic nitrogens is 2. The summed E-state index contributed by atoms with van der Waals surface area (Å²) < 4.78 is 16.3. The fourth-order valence-electron chi connectivity index (χ4n) is 3.00. The van der Waals surface area contributed by atoms with Crippen molar-refractivity contribution < 1.29 is 18.8 Å². The van der Waals surface area contributed by atoms with Gasteiger partial charge in [-0.2, -0.15) is 4.98 Å². The molecule has 7 nitrogen and oxygen atoms in total. The summed E-state index contributed by atoms with van der Waals surface area (Å²) in [5.74, 6) is 1.60. The van der Waals surface area contributed by atoms with Gasteiger partial charge in [0.05, 0.1) is 7.11 Å². The zero-order valence-electron chi connectivity index (χ0n) is 17.7. The lowest BCUT2D eigenvalue weighted by atomic mass is 10.1. The van der Waals surface area contributed by atoms with Gasteiger partial charge in [0.25, 0.3) is 0 Å². The van der Waals surface area contributed by atoms with E-state index in [-0.39, 0.29) is 0 Å². The van der Waals surface area contributed by atoms with E-state index in [1.807, 2.05) is 75.4 Å². The van der Waals surface area contributed by atoms with Gasteiger partial charge in [0.15, 0.2) is 5.82 Å². The van der Waals surface area contributed by atoms with E-state index in [1.165, 1.54) is 0 Å². The van der Waals surface area contributed by atoms with Crippen molar-refractivity contribution in [3.8, 4) is 5.75 Å². The molecule has 0 bridgehead atoms. The lowest BCUT2D eigenvalue weighted by Crippen LogP contribution is -2.36. The molecule has 1 heterocycles. The van der Waals surface area contributed by atoms with E-state index in [2.05, 4.69) is 15.5 Å². The number of nitrogens with one attached hydrogen (secondary N) is 1. The van der Waals surface area contributed by atoms with E-state index in [4.69, 9.17) is 14.0 Å². The van der Waals surface area contributed by atoms with Crippen LogP contribution >= 0.6 is 0 Å². The molecule has 1 unspecified atom stereocenters. The molecular formula is C23H27N3O4. The largest absolute Gasteiger partial charge is 0.496 e. The third-order valence-corrected chi connectivity index (χ3v) is 4.30. The Bertz CT molecular complexity index is 964. The Balaban J connectivity index is 1.80. The Hall–Kier alpha value is -3.35. The molecule has 7 heteroatoms. The predicted molar refractivity (Wildman–Crippen MR) is 112 cm³/mol. The van der Waals surface area contributed by atoms with Crippen molar-refractivity contribution in [3.05, 3.63) is 77.4 Å². The summed E-state index contributed by atoms with van der Waals surface area (Å²) in [6.45, 7) is 5.45. The third-order valence-electron chi connectivity index (χ3n) is 4.30. The van der Waals surface area contributed by atoms with E-state index in [0.29, 0.717) is 24.6 Å². The first-order valence-corrected chi connectivity index (χ1v) is 9.82. The van der Waals surface area contributed by atoms with E-state index >= 15 is 0 Å². The van der Waals surface area contributed by atoms with Crippen LogP contribution in [0.5, 0.6) is 5.75 Å². The van der Waals surface area contributed by atoms with Crippen LogP contribution in [0.15, 0.2) is 59.1 Å². The maximum atomic E-state index is 12.4. The summed E-state index contributed by atoms with van der Waals surface area (Å²) >= 11 is 0. The van der Waals surface area contributed by atoms with Crippen molar-refractivity contribution in [3.63, 3.8) is 0 Å². The molecule has 1 amide bonds. The first-order valence-electron chi connectivity index (χ1n) is 9.82. The minimum absolute atomic E-state index is 0.328. The Kier molecular flexibility index (Phi) is 6.72. The van der Waals surface area contributed by atoms with Crippen LogP contribution in [0.4, 0.5) is 4.79 Å². The van der Waals surface area contributed by atoms with Crippen LogP contribution in [0.2, 0.25) is 0 Å². The van der Waals surface area contributed by atoms with Crippen LogP contribution in [-0.2, 0) is 17.6 Å². The molecule has 0 aliphatic heterocycles. The highest BCUT2D eigenvalue weighted by Crippen LogP contribution is 2.22.